The molecule has 0 N–H and O–H groups in total. The molecule has 42 heavy (non-hydrogen) atoms. The summed E-state index contributed by atoms with van der Waals surface area (Å²) >= 11 is 0. The lowest BCUT2D eigenvalue weighted by atomic mass is 9.80. The Hall–Kier alpha value is -5.14. The number of benzene rings is 7. The highest BCUT2D eigenvalue weighted by Gasteiger charge is 2.35. The van der Waals surface area contributed by atoms with Crippen molar-refractivity contribution in [1.29, 1.82) is 0 Å². The lowest BCUT2D eigenvalue weighted by molar-refractivity contribution is 0.660. The molecule has 0 fully saturated rings. The first-order valence-electron chi connectivity index (χ1n) is 14.7. The van der Waals surface area contributed by atoms with Crippen molar-refractivity contribution in [2.45, 2.75) is 19.3 Å². The molecule has 0 unspecified atom stereocenters. The van der Waals surface area contributed by atoms with Crippen molar-refractivity contribution in [2.75, 3.05) is 0 Å². The Bertz CT molecular complexity index is 2330. The fourth-order valence-electron chi connectivity index (χ4n) is 7.49. The first kappa shape index (κ1) is 23.6. The Balaban J connectivity index is 1.33. The van der Waals surface area contributed by atoms with Crippen LogP contribution in [0.3, 0.4) is 0 Å². The van der Waals surface area contributed by atoms with Crippen LogP contribution in [0.15, 0.2) is 138 Å². The Kier molecular flexibility index (Phi) is 4.73. The summed E-state index contributed by atoms with van der Waals surface area (Å²) in [7, 11) is 0. The second-order valence-electron chi connectivity index (χ2n) is 12.1. The minimum Gasteiger partial charge on any atom is -0.456 e. The second kappa shape index (κ2) is 8.44. The van der Waals surface area contributed by atoms with Crippen LogP contribution < -0.4 is 0 Å². The summed E-state index contributed by atoms with van der Waals surface area (Å²) in [4.78, 5) is 0. The van der Waals surface area contributed by atoms with E-state index in [1.54, 1.807) is 0 Å². The van der Waals surface area contributed by atoms with E-state index in [1.807, 2.05) is 12.1 Å². The molecule has 1 heteroatoms. The summed E-state index contributed by atoms with van der Waals surface area (Å²) in [5.41, 5.74) is 12.3. The van der Waals surface area contributed by atoms with Gasteiger partial charge in [-0.2, -0.15) is 0 Å². The molecule has 0 radical (unpaired) electrons. The van der Waals surface area contributed by atoms with Gasteiger partial charge in [0.15, 0.2) is 0 Å². The maximum Gasteiger partial charge on any atom is 0.136 e. The maximum atomic E-state index is 6.32. The van der Waals surface area contributed by atoms with Gasteiger partial charge in [0.2, 0.25) is 0 Å². The van der Waals surface area contributed by atoms with Crippen LogP contribution in [0.1, 0.15) is 25.0 Å². The zero-order chi connectivity index (χ0) is 28.0. The molecule has 0 saturated heterocycles. The topological polar surface area (TPSA) is 13.1 Å². The van der Waals surface area contributed by atoms with Crippen molar-refractivity contribution < 1.29 is 4.42 Å². The van der Waals surface area contributed by atoms with Crippen LogP contribution in [0, 0.1) is 0 Å². The summed E-state index contributed by atoms with van der Waals surface area (Å²) in [6.45, 7) is 4.71. The fourth-order valence-corrected chi connectivity index (χ4v) is 7.49. The normalized spacial score (nSPS) is 13.7. The highest BCUT2D eigenvalue weighted by Crippen LogP contribution is 2.51. The molecule has 0 spiro atoms. The van der Waals surface area contributed by atoms with Crippen molar-refractivity contribution in [2.24, 2.45) is 0 Å². The van der Waals surface area contributed by atoms with E-state index in [2.05, 4.69) is 135 Å². The number of rotatable bonds is 2. The molecule has 0 saturated carbocycles. The minimum absolute atomic E-state index is 0.0462. The standard InChI is InChI=1S/C41H28O/c1-41(2)35-17-9-7-11-27(35)28-21-19-25(23-36(28)41)39-31-13-3-5-15-33(31)40(34-16-6-4-14-32(34)39)26-20-22-30-29-12-8-10-18-37(29)42-38(30)24-26/h3-24H,1-2H3. The van der Waals surface area contributed by atoms with E-state index in [4.69, 9.17) is 4.42 Å². The van der Waals surface area contributed by atoms with Crippen molar-refractivity contribution in [3.8, 4) is 33.4 Å². The van der Waals surface area contributed by atoms with Crippen LogP contribution in [0.2, 0.25) is 0 Å². The van der Waals surface area contributed by atoms with Gasteiger partial charge in [-0.25, -0.2) is 0 Å². The third-order valence-corrected chi connectivity index (χ3v) is 9.47. The summed E-state index contributed by atoms with van der Waals surface area (Å²) in [5, 5.41) is 7.36. The van der Waals surface area contributed by atoms with E-state index in [0.29, 0.717) is 0 Å². The summed E-state index contributed by atoms with van der Waals surface area (Å²) < 4.78 is 6.32. The Morgan fingerprint density at radius 2 is 0.905 bits per heavy atom. The van der Waals surface area contributed by atoms with Crippen molar-refractivity contribution in [3.63, 3.8) is 0 Å². The molecule has 8 aromatic rings. The van der Waals surface area contributed by atoms with Gasteiger partial charge in [-0.1, -0.05) is 123 Å². The molecule has 7 aromatic carbocycles. The van der Waals surface area contributed by atoms with Gasteiger partial charge in [0.25, 0.3) is 0 Å². The maximum absolute atomic E-state index is 6.32. The van der Waals surface area contributed by atoms with Gasteiger partial charge in [-0.15, -0.1) is 0 Å². The lowest BCUT2D eigenvalue weighted by Crippen LogP contribution is -2.14. The van der Waals surface area contributed by atoms with Crippen LogP contribution in [0.4, 0.5) is 0 Å². The molecule has 0 aliphatic heterocycles. The summed E-state index contributed by atoms with van der Waals surface area (Å²) in [5.74, 6) is 0. The largest absolute Gasteiger partial charge is 0.456 e. The molecular weight excluding hydrogens is 508 g/mol. The van der Waals surface area contributed by atoms with Crippen LogP contribution in [0.25, 0.3) is 76.9 Å². The lowest BCUT2D eigenvalue weighted by Gasteiger charge is -2.23. The monoisotopic (exact) mass is 536 g/mol. The average Bonchev–Trinajstić information content (AvgIpc) is 3.51. The number of hydrogen-bond donors (Lipinski definition) is 0. The molecular formula is C41H28O. The van der Waals surface area contributed by atoms with E-state index >= 15 is 0 Å². The van der Waals surface area contributed by atoms with Gasteiger partial charge in [0, 0.05) is 16.2 Å². The fraction of sp³-hybridized carbons (Fsp3) is 0.0732. The van der Waals surface area contributed by atoms with Crippen LogP contribution in [-0.4, -0.2) is 0 Å². The third kappa shape index (κ3) is 3.14. The zero-order valence-electron chi connectivity index (χ0n) is 23.6. The Morgan fingerprint density at radius 3 is 1.60 bits per heavy atom. The highest BCUT2D eigenvalue weighted by atomic mass is 16.3. The predicted molar refractivity (Wildman–Crippen MR) is 177 cm³/mol. The van der Waals surface area contributed by atoms with E-state index in [0.717, 1.165) is 21.9 Å². The van der Waals surface area contributed by atoms with Gasteiger partial charge >= 0.3 is 0 Å². The van der Waals surface area contributed by atoms with Crippen LogP contribution in [-0.2, 0) is 5.41 Å². The summed E-state index contributed by atoms with van der Waals surface area (Å²) in [6.07, 6.45) is 0. The number of para-hydroxylation sites is 1. The molecule has 1 nitrogen and oxygen atoms in total. The molecule has 198 valence electrons. The third-order valence-electron chi connectivity index (χ3n) is 9.47. The van der Waals surface area contributed by atoms with Gasteiger partial charge in [0.05, 0.1) is 0 Å². The predicted octanol–water partition coefficient (Wildman–Crippen LogP) is 11.5. The SMILES string of the molecule is CC1(C)c2ccccc2-c2ccc(-c3c4ccccc4c(-c4ccc5c(c4)oc4ccccc45)c4ccccc34)cc21. The smallest absolute Gasteiger partial charge is 0.136 e. The first-order valence-corrected chi connectivity index (χ1v) is 14.7. The van der Waals surface area contributed by atoms with Gasteiger partial charge in [-0.3, -0.25) is 0 Å². The minimum atomic E-state index is -0.0462. The van der Waals surface area contributed by atoms with Gasteiger partial charge in [0.1, 0.15) is 11.2 Å². The van der Waals surface area contributed by atoms with E-state index in [9.17, 15) is 0 Å². The Morgan fingerprint density at radius 1 is 0.405 bits per heavy atom. The summed E-state index contributed by atoms with van der Waals surface area (Å²) in [6, 6.07) is 48.7. The van der Waals surface area contributed by atoms with E-state index in [-0.39, 0.29) is 5.41 Å². The van der Waals surface area contributed by atoms with E-state index < -0.39 is 0 Å². The molecule has 1 aliphatic carbocycles. The molecule has 9 rings (SSSR count). The molecule has 0 bridgehead atoms. The van der Waals surface area contributed by atoms with Gasteiger partial charge < -0.3 is 4.42 Å². The molecule has 0 amide bonds. The molecule has 1 heterocycles. The highest BCUT2D eigenvalue weighted by molar-refractivity contribution is 6.22. The van der Waals surface area contributed by atoms with Crippen molar-refractivity contribution in [1.82, 2.24) is 0 Å². The molecule has 0 atom stereocenters. The van der Waals surface area contributed by atoms with Crippen molar-refractivity contribution in [3.05, 3.63) is 145 Å². The number of hydrogen-bond acceptors (Lipinski definition) is 1. The first-order chi connectivity index (χ1) is 20.6. The molecule has 1 aliphatic rings. The number of furan rings is 1. The number of fused-ring (bicyclic) bond motifs is 8. The van der Waals surface area contributed by atoms with Crippen LogP contribution in [0.5, 0.6) is 0 Å². The quantitative estimate of drug-likeness (QED) is 0.200. The van der Waals surface area contributed by atoms with Crippen LogP contribution >= 0.6 is 0 Å². The second-order valence-corrected chi connectivity index (χ2v) is 12.1. The van der Waals surface area contributed by atoms with E-state index in [1.165, 1.54) is 66.1 Å². The average molecular weight is 537 g/mol. The zero-order valence-corrected chi connectivity index (χ0v) is 23.6. The van der Waals surface area contributed by atoms with Gasteiger partial charge in [-0.05, 0) is 90.3 Å². The van der Waals surface area contributed by atoms with Crippen molar-refractivity contribution >= 4 is 43.5 Å². The molecule has 1 aromatic heterocycles. The Labute approximate surface area is 244 Å².